The molecule has 2 aliphatic carbocycles. The minimum atomic E-state index is -0.00700. The predicted octanol–water partition coefficient (Wildman–Crippen LogP) is 3.33. The van der Waals surface area contributed by atoms with Gasteiger partial charge in [0.1, 0.15) is 0 Å². The minimum absolute atomic E-state index is 0.00700. The van der Waals surface area contributed by atoms with Crippen LogP contribution in [0.1, 0.15) is 66.7 Å². The molecule has 0 aliphatic heterocycles. The highest BCUT2D eigenvalue weighted by Crippen LogP contribution is 2.44. The molecule has 0 aromatic heterocycles. The van der Waals surface area contributed by atoms with E-state index < -0.39 is 0 Å². The molecule has 3 N–H and O–H groups in total. The van der Waals surface area contributed by atoms with Gasteiger partial charge >= 0.3 is 0 Å². The summed E-state index contributed by atoms with van der Waals surface area (Å²) in [5.41, 5.74) is 6.20. The molecular weight excluding hydrogens is 260 g/mol. The Morgan fingerprint density at radius 2 is 1.76 bits per heavy atom. The molecule has 6 unspecified atom stereocenters. The molecule has 21 heavy (non-hydrogen) atoms. The van der Waals surface area contributed by atoms with E-state index in [9.17, 15) is 4.79 Å². The summed E-state index contributed by atoms with van der Waals surface area (Å²) in [6.07, 6.45) is 5.52. The summed E-state index contributed by atoms with van der Waals surface area (Å²) in [5, 5.41) is 3.37. The molecular formula is C18H34N2O. The molecule has 0 heterocycles. The number of nitrogens with two attached hydrogens (primary N) is 1. The Morgan fingerprint density at radius 3 is 2.38 bits per heavy atom. The van der Waals surface area contributed by atoms with E-state index in [2.05, 4.69) is 39.9 Å². The van der Waals surface area contributed by atoms with Crippen LogP contribution in [0.2, 0.25) is 0 Å². The van der Waals surface area contributed by atoms with E-state index in [1.807, 2.05) is 0 Å². The fourth-order valence-corrected chi connectivity index (χ4v) is 4.48. The van der Waals surface area contributed by atoms with Crippen molar-refractivity contribution in [3.63, 3.8) is 0 Å². The number of carbonyl (C=O) groups is 1. The average molecular weight is 294 g/mol. The molecule has 0 bridgehead atoms. The maximum Gasteiger partial charge on any atom is 0.223 e. The van der Waals surface area contributed by atoms with Crippen molar-refractivity contribution in [2.24, 2.45) is 34.8 Å². The molecule has 2 saturated carbocycles. The molecule has 0 spiro atoms. The molecule has 0 saturated heterocycles. The van der Waals surface area contributed by atoms with E-state index >= 15 is 0 Å². The van der Waals surface area contributed by atoms with E-state index in [4.69, 9.17) is 5.73 Å². The molecule has 0 radical (unpaired) electrons. The zero-order valence-electron chi connectivity index (χ0n) is 14.5. The molecule has 0 aromatic rings. The number of hydrogen-bond acceptors (Lipinski definition) is 2. The van der Waals surface area contributed by atoms with Crippen molar-refractivity contribution in [1.82, 2.24) is 5.32 Å². The van der Waals surface area contributed by atoms with Gasteiger partial charge in [0, 0.05) is 18.0 Å². The third-order valence-corrected chi connectivity index (χ3v) is 6.58. The maximum atomic E-state index is 12.8. The van der Waals surface area contributed by atoms with Crippen LogP contribution in [0, 0.1) is 29.1 Å². The Morgan fingerprint density at radius 1 is 1.10 bits per heavy atom. The van der Waals surface area contributed by atoms with Crippen LogP contribution in [0.3, 0.4) is 0 Å². The molecule has 0 aromatic carbocycles. The van der Waals surface area contributed by atoms with Crippen molar-refractivity contribution in [2.45, 2.75) is 78.8 Å². The van der Waals surface area contributed by atoms with Crippen molar-refractivity contribution in [1.29, 1.82) is 0 Å². The Bertz CT molecular complexity index is 379. The first-order chi connectivity index (χ1) is 9.73. The number of hydrogen-bond donors (Lipinski definition) is 2. The third kappa shape index (κ3) is 3.44. The molecule has 3 heteroatoms. The first-order valence-electron chi connectivity index (χ1n) is 8.79. The van der Waals surface area contributed by atoms with Gasteiger partial charge in [0.05, 0.1) is 0 Å². The largest absolute Gasteiger partial charge is 0.353 e. The Labute approximate surface area is 130 Å². The van der Waals surface area contributed by atoms with Crippen LogP contribution in [0.5, 0.6) is 0 Å². The summed E-state index contributed by atoms with van der Waals surface area (Å²) in [6.45, 7) is 11.2. The smallest absolute Gasteiger partial charge is 0.223 e. The lowest BCUT2D eigenvalue weighted by atomic mass is 9.60. The van der Waals surface area contributed by atoms with Crippen LogP contribution in [-0.2, 0) is 4.79 Å². The Hall–Kier alpha value is -0.570. The normalized spacial score (nSPS) is 43.3. The number of carbonyl (C=O) groups excluding carboxylic acids is 1. The second-order valence-electron chi connectivity index (χ2n) is 8.41. The quantitative estimate of drug-likeness (QED) is 0.821. The highest BCUT2D eigenvalue weighted by Gasteiger charge is 2.45. The molecule has 2 aliphatic rings. The summed E-state index contributed by atoms with van der Waals surface area (Å²) in [7, 11) is 0. The van der Waals surface area contributed by atoms with E-state index in [0.717, 1.165) is 25.2 Å². The highest BCUT2D eigenvalue weighted by atomic mass is 16.2. The lowest BCUT2D eigenvalue weighted by Crippen LogP contribution is -2.54. The van der Waals surface area contributed by atoms with Gasteiger partial charge in [-0.15, -0.1) is 0 Å². The highest BCUT2D eigenvalue weighted by molar-refractivity contribution is 5.80. The van der Waals surface area contributed by atoms with Crippen LogP contribution in [0.15, 0.2) is 0 Å². The molecule has 122 valence electrons. The fourth-order valence-electron chi connectivity index (χ4n) is 4.48. The maximum absolute atomic E-state index is 12.8. The van der Waals surface area contributed by atoms with Gasteiger partial charge in [-0.1, -0.05) is 34.6 Å². The Kier molecular flexibility index (Phi) is 5.02. The van der Waals surface area contributed by atoms with Crippen molar-refractivity contribution >= 4 is 5.91 Å². The van der Waals surface area contributed by atoms with Gasteiger partial charge in [-0.25, -0.2) is 0 Å². The van der Waals surface area contributed by atoms with Gasteiger partial charge in [-0.05, 0) is 55.3 Å². The monoisotopic (exact) mass is 294 g/mol. The summed E-state index contributed by atoms with van der Waals surface area (Å²) >= 11 is 0. The van der Waals surface area contributed by atoms with Crippen molar-refractivity contribution in [2.75, 3.05) is 0 Å². The zero-order valence-corrected chi connectivity index (χ0v) is 14.5. The van der Waals surface area contributed by atoms with Gasteiger partial charge in [0.15, 0.2) is 0 Å². The molecule has 6 atom stereocenters. The average Bonchev–Trinajstić information content (AvgIpc) is 2.39. The summed E-state index contributed by atoms with van der Waals surface area (Å²) in [4.78, 5) is 12.8. The predicted molar refractivity (Wildman–Crippen MR) is 87.8 cm³/mol. The fraction of sp³-hybridized carbons (Fsp3) is 0.944. The van der Waals surface area contributed by atoms with E-state index in [0.29, 0.717) is 17.9 Å². The van der Waals surface area contributed by atoms with E-state index in [1.54, 1.807) is 0 Å². The minimum Gasteiger partial charge on any atom is -0.353 e. The van der Waals surface area contributed by atoms with Crippen molar-refractivity contribution in [3.05, 3.63) is 0 Å². The van der Waals surface area contributed by atoms with Crippen LogP contribution >= 0.6 is 0 Å². The van der Waals surface area contributed by atoms with Crippen molar-refractivity contribution in [3.8, 4) is 0 Å². The summed E-state index contributed by atoms with van der Waals surface area (Å²) < 4.78 is 0. The van der Waals surface area contributed by atoms with Gasteiger partial charge in [-0.3, -0.25) is 4.79 Å². The van der Waals surface area contributed by atoms with Crippen LogP contribution in [0.4, 0.5) is 0 Å². The summed E-state index contributed by atoms with van der Waals surface area (Å²) in [5.74, 6) is 2.18. The van der Waals surface area contributed by atoms with Crippen LogP contribution in [-0.4, -0.2) is 18.0 Å². The van der Waals surface area contributed by atoms with Crippen LogP contribution < -0.4 is 11.1 Å². The molecule has 3 nitrogen and oxygen atoms in total. The van der Waals surface area contributed by atoms with Gasteiger partial charge in [0.2, 0.25) is 5.91 Å². The lowest BCUT2D eigenvalue weighted by molar-refractivity contribution is -0.133. The SMILES string of the molecule is CC1CCC(NC(=O)C2CCC(N)C(C)C2(C)C)C(C)C1. The van der Waals surface area contributed by atoms with Gasteiger partial charge in [-0.2, -0.15) is 0 Å². The molecule has 1 amide bonds. The van der Waals surface area contributed by atoms with Gasteiger partial charge in [0.25, 0.3) is 0 Å². The number of nitrogens with one attached hydrogen (secondary N) is 1. The topological polar surface area (TPSA) is 55.1 Å². The molecule has 2 fully saturated rings. The number of rotatable bonds is 2. The van der Waals surface area contributed by atoms with Gasteiger partial charge < -0.3 is 11.1 Å². The first-order valence-corrected chi connectivity index (χ1v) is 8.79. The van der Waals surface area contributed by atoms with Crippen molar-refractivity contribution < 1.29 is 4.79 Å². The Balaban J connectivity index is 2.00. The first kappa shape index (κ1) is 16.8. The zero-order chi connectivity index (χ0) is 15.8. The second kappa shape index (κ2) is 6.28. The lowest BCUT2D eigenvalue weighted by Gasteiger charge is -2.46. The second-order valence-corrected chi connectivity index (χ2v) is 8.41. The van der Waals surface area contributed by atoms with E-state index in [-0.39, 0.29) is 23.3 Å². The van der Waals surface area contributed by atoms with Crippen LogP contribution in [0.25, 0.3) is 0 Å². The van der Waals surface area contributed by atoms with E-state index in [1.165, 1.54) is 12.8 Å². The summed E-state index contributed by atoms with van der Waals surface area (Å²) in [6, 6.07) is 0.605. The standard InChI is InChI=1S/C18H34N2O/c1-11-6-9-16(12(2)10-11)20-17(21)14-7-8-15(19)13(3)18(14,4)5/h11-16H,6-10,19H2,1-5H3,(H,20,21). The molecule has 2 rings (SSSR count). The third-order valence-electron chi connectivity index (χ3n) is 6.58. The number of amides is 1.